The van der Waals surface area contributed by atoms with Crippen LogP contribution in [0.2, 0.25) is 0 Å². The van der Waals surface area contributed by atoms with Gasteiger partial charge in [-0.3, -0.25) is 5.10 Å². The molecule has 1 aromatic heterocycles. The van der Waals surface area contributed by atoms with Crippen LogP contribution < -0.4 is 5.44 Å². The molecule has 0 radical (unpaired) electrons. The van der Waals surface area contributed by atoms with Crippen LogP contribution in [-0.2, 0) is 0 Å². The van der Waals surface area contributed by atoms with Crippen molar-refractivity contribution in [1.29, 1.82) is 0 Å². The van der Waals surface area contributed by atoms with Crippen LogP contribution >= 0.6 is 9.24 Å². The van der Waals surface area contributed by atoms with Crippen molar-refractivity contribution in [2.24, 2.45) is 0 Å². The van der Waals surface area contributed by atoms with E-state index in [0.29, 0.717) is 0 Å². The van der Waals surface area contributed by atoms with Crippen molar-refractivity contribution in [3.63, 3.8) is 0 Å². The third kappa shape index (κ3) is 0.804. The third-order valence-electron chi connectivity index (χ3n) is 0.868. The zero-order valence-corrected chi connectivity index (χ0v) is 5.26. The Morgan fingerprint density at radius 2 is 2.57 bits per heavy atom. The summed E-state index contributed by atoms with van der Waals surface area (Å²) in [6.07, 6.45) is 1.79. The molecule has 38 valence electrons. The van der Waals surface area contributed by atoms with Gasteiger partial charge in [-0.05, 0) is 12.5 Å². The molecule has 1 rings (SSSR count). The quantitative estimate of drug-likeness (QED) is 0.480. The summed E-state index contributed by atoms with van der Waals surface area (Å²) in [5.41, 5.74) is 2.25. The maximum Gasteiger partial charge on any atom is 0.0546 e. The normalized spacial score (nSPS) is 9.43. The van der Waals surface area contributed by atoms with Gasteiger partial charge in [0.2, 0.25) is 0 Å². The summed E-state index contributed by atoms with van der Waals surface area (Å²) in [7, 11) is 2.56. The van der Waals surface area contributed by atoms with Crippen LogP contribution in [0.15, 0.2) is 6.20 Å². The number of hydrogen-bond donors (Lipinski definition) is 1. The molecule has 1 atom stereocenters. The minimum Gasteiger partial charge on any atom is -0.278 e. The van der Waals surface area contributed by atoms with Crippen molar-refractivity contribution in [3.8, 4) is 0 Å². The van der Waals surface area contributed by atoms with E-state index in [2.05, 4.69) is 19.4 Å². The summed E-state index contributed by atoms with van der Waals surface area (Å²) in [4.78, 5) is 0. The number of nitrogens with one attached hydrogen (secondary N) is 1. The molecule has 0 saturated carbocycles. The Bertz CT molecular complexity index is 142. The molecule has 3 heteroatoms. The summed E-state index contributed by atoms with van der Waals surface area (Å²) < 4.78 is 0. The Kier molecular flexibility index (Phi) is 1.11. The molecule has 0 amide bonds. The fourth-order valence-corrected chi connectivity index (χ4v) is 0.505. The maximum absolute atomic E-state index is 3.78. The Labute approximate surface area is 44.5 Å². The lowest BCUT2D eigenvalue weighted by atomic mass is 10.4. The maximum atomic E-state index is 3.78. The fraction of sp³-hybridized carbons (Fsp3) is 0.250. The zero-order valence-electron chi connectivity index (χ0n) is 4.10. The molecule has 0 fully saturated rings. The molecule has 1 N–H and O–H groups in total. The molecule has 1 heterocycles. The molecule has 1 aromatic rings. The first kappa shape index (κ1) is 4.79. The van der Waals surface area contributed by atoms with Crippen molar-refractivity contribution >= 4 is 14.7 Å². The number of hydrogen-bond acceptors (Lipinski definition) is 1. The highest BCUT2D eigenvalue weighted by atomic mass is 31.0. The summed E-state index contributed by atoms with van der Waals surface area (Å²) in [6.45, 7) is 2.01. The van der Waals surface area contributed by atoms with Gasteiger partial charge in [-0.25, -0.2) is 0 Å². The highest BCUT2D eigenvalue weighted by Gasteiger charge is 1.87. The fourth-order valence-electron chi connectivity index (χ4n) is 0.356. The molecule has 7 heavy (non-hydrogen) atoms. The molecule has 0 aromatic carbocycles. The van der Waals surface area contributed by atoms with E-state index in [1.54, 1.807) is 6.20 Å². The van der Waals surface area contributed by atoms with E-state index in [-0.39, 0.29) is 0 Å². The zero-order chi connectivity index (χ0) is 5.28. The summed E-state index contributed by atoms with van der Waals surface area (Å²) in [6, 6.07) is 0. The van der Waals surface area contributed by atoms with Crippen LogP contribution in [0.25, 0.3) is 0 Å². The van der Waals surface area contributed by atoms with E-state index in [0.717, 1.165) is 5.44 Å². The van der Waals surface area contributed by atoms with Crippen LogP contribution in [0.4, 0.5) is 0 Å². The molecule has 0 aliphatic rings. The smallest absolute Gasteiger partial charge is 0.0546 e. The van der Waals surface area contributed by atoms with Crippen LogP contribution in [0.5, 0.6) is 0 Å². The van der Waals surface area contributed by atoms with Crippen LogP contribution in [0.1, 0.15) is 5.56 Å². The van der Waals surface area contributed by atoms with Crippen molar-refractivity contribution < 1.29 is 0 Å². The van der Waals surface area contributed by atoms with Gasteiger partial charge in [0.25, 0.3) is 0 Å². The average Bonchev–Trinajstić information content (AvgIpc) is 1.91. The standard InChI is InChI=1S/C4H7N2P/c1-3-2-5-6-4(3)7/h2H,7H2,1H3,(H,5,6). The molecule has 0 bridgehead atoms. The molecule has 1 unspecified atom stereocenters. The second-order valence-corrected chi connectivity index (χ2v) is 2.04. The van der Waals surface area contributed by atoms with E-state index in [1.807, 2.05) is 6.92 Å². The van der Waals surface area contributed by atoms with Crippen LogP contribution in [0, 0.1) is 6.92 Å². The van der Waals surface area contributed by atoms with E-state index in [9.17, 15) is 0 Å². The number of aromatic nitrogens is 2. The highest BCUT2D eigenvalue weighted by molar-refractivity contribution is 7.27. The number of H-pyrrole nitrogens is 1. The van der Waals surface area contributed by atoms with Gasteiger partial charge in [-0.15, -0.1) is 0 Å². The SMILES string of the molecule is Cc1cn[nH]c1P. The van der Waals surface area contributed by atoms with Crippen LogP contribution in [-0.4, -0.2) is 10.2 Å². The number of nitrogens with zero attached hydrogens (tertiary/aromatic N) is 1. The predicted octanol–water partition coefficient (Wildman–Crippen LogP) is 0.219. The molecule has 2 nitrogen and oxygen atoms in total. The van der Waals surface area contributed by atoms with Gasteiger partial charge in [-0.2, -0.15) is 5.10 Å². The van der Waals surface area contributed by atoms with Gasteiger partial charge < -0.3 is 0 Å². The largest absolute Gasteiger partial charge is 0.278 e. The summed E-state index contributed by atoms with van der Waals surface area (Å²) in [5, 5.41) is 6.56. The Hall–Kier alpha value is -0.360. The first-order valence-electron chi connectivity index (χ1n) is 2.06. The lowest BCUT2D eigenvalue weighted by Gasteiger charge is -1.78. The Morgan fingerprint density at radius 1 is 1.86 bits per heavy atom. The van der Waals surface area contributed by atoms with Crippen molar-refractivity contribution in [1.82, 2.24) is 10.2 Å². The third-order valence-corrected chi connectivity index (χ3v) is 1.45. The minimum absolute atomic E-state index is 1.07. The second kappa shape index (κ2) is 1.63. The number of aromatic amines is 1. The van der Waals surface area contributed by atoms with Gasteiger partial charge >= 0.3 is 0 Å². The van der Waals surface area contributed by atoms with Gasteiger partial charge in [0.15, 0.2) is 0 Å². The molecular formula is C4H7N2P. The Balaban J connectivity index is 3.12. The Morgan fingerprint density at radius 3 is 2.71 bits per heavy atom. The lowest BCUT2D eigenvalue weighted by Crippen LogP contribution is -1.92. The molecule has 0 aliphatic heterocycles. The lowest BCUT2D eigenvalue weighted by molar-refractivity contribution is 1.11. The van der Waals surface area contributed by atoms with Gasteiger partial charge in [-0.1, -0.05) is 9.24 Å². The highest BCUT2D eigenvalue weighted by Crippen LogP contribution is 1.89. The molecule has 0 saturated heterocycles. The number of rotatable bonds is 0. The van der Waals surface area contributed by atoms with Gasteiger partial charge in [0, 0.05) is 0 Å². The monoisotopic (exact) mass is 114 g/mol. The van der Waals surface area contributed by atoms with Gasteiger partial charge in [0.1, 0.15) is 0 Å². The number of aryl methyl sites for hydroxylation is 1. The van der Waals surface area contributed by atoms with E-state index in [1.165, 1.54) is 5.56 Å². The van der Waals surface area contributed by atoms with E-state index < -0.39 is 0 Å². The molecule has 0 spiro atoms. The first-order chi connectivity index (χ1) is 3.30. The van der Waals surface area contributed by atoms with E-state index in [4.69, 9.17) is 0 Å². The van der Waals surface area contributed by atoms with Crippen molar-refractivity contribution in [3.05, 3.63) is 11.8 Å². The summed E-state index contributed by atoms with van der Waals surface area (Å²) >= 11 is 0. The topological polar surface area (TPSA) is 28.7 Å². The predicted molar refractivity (Wildman–Crippen MR) is 32.7 cm³/mol. The minimum atomic E-state index is 1.07. The first-order valence-corrected chi connectivity index (χ1v) is 2.64. The molecular weight excluding hydrogens is 107 g/mol. The molecule has 0 aliphatic carbocycles. The second-order valence-electron chi connectivity index (χ2n) is 1.47. The van der Waals surface area contributed by atoms with Gasteiger partial charge in [0.05, 0.1) is 11.6 Å². The average molecular weight is 114 g/mol. The summed E-state index contributed by atoms with van der Waals surface area (Å²) in [5.74, 6) is 0. The van der Waals surface area contributed by atoms with Crippen LogP contribution in [0.3, 0.4) is 0 Å². The van der Waals surface area contributed by atoms with E-state index >= 15 is 0 Å². The van der Waals surface area contributed by atoms with Crippen molar-refractivity contribution in [2.45, 2.75) is 6.92 Å². The van der Waals surface area contributed by atoms with Crippen molar-refractivity contribution in [2.75, 3.05) is 0 Å².